The van der Waals surface area contributed by atoms with Crippen LogP contribution in [0.15, 0.2) is 72.4 Å². The van der Waals surface area contributed by atoms with E-state index >= 15 is 0 Å². The van der Waals surface area contributed by atoms with E-state index < -0.39 is 11.8 Å². The Labute approximate surface area is 197 Å². The second-order valence-electron chi connectivity index (χ2n) is 7.33. The number of carbonyl (C=O) groups is 2. The summed E-state index contributed by atoms with van der Waals surface area (Å²) in [5.74, 6) is 0.101. The zero-order chi connectivity index (χ0) is 23.5. The summed E-state index contributed by atoms with van der Waals surface area (Å²) < 4.78 is 11.2. The molecule has 33 heavy (non-hydrogen) atoms. The van der Waals surface area contributed by atoms with Gasteiger partial charge in [-0.25, -0.2) is 4.90 Å². The molecule has 0 unspecified atom stereocenters. The average Bonchev–Trinajstić information content (AvgIpc) is 3.06. The van der Waals surface area contributed by atoms with Gasteiger partial charge in [-0.1, -0.05) is 48.0 Å². The predicted molar refractivity (Wildman–Crippen MR) is 130 cm³/mol. The van der Waals surface area contributed by atoms with Gasteiger partial charge in [0.15, 0.2) is 0 Å². The molecule has 0 aliphatic carbocycles. The van der Waals surface area contributed by atoms with E-state index in [4.69, 9.17) is 21.1 Å². The predicted octanol–water partition coefficient (Wildman–Crippen LogP) is 5.45. The normalized spacial score (nSPS) is 13.5. The number of ether oxygens (including phenoxy) is 2. The Hall–Kier alpha value is -3.77. The maximum atomic E-state index is 13.7. The molecule has 168 valence electrons. The lowest BCUT2D eigenvalue weighted by atomic mass is 10.0. The SMILES string of the molecule is CCOc1ccccc1NC1=C(c2ccccc2OC)C(=O)N(c2cccc(Cl)c2C)C1=O. The Kier molecular flexibility index (Phi) is 6.38. The molecular weight excluding hydrogens is 440 g/mol. The quantitative estimate of drug-likeness (QED) is 0.473. The van der Waals surface area contributed by atoms with Crippen molar-refractivity contribution in [2.75, 3.05) is 23.9 Å². The van der Waals surface area contributed by atoms with Gasteiger partial charge >= 0.3 is 0 Å². The van der Waals surface area contributed by atoms with Gasteiger partial charge < -0.3 is 14.8 Å². The zero-order valence-electron chi connectivity index (χ0n) is 18.5. The Bertz CT molecular complexity index is 1270. The summed E-state index contributed by atoms with van der Waals surface area (Å²) in [6.07, 6.45) is 0. The van der Waals surface area contributed by atoms with Crippen molar-refractivity contribution in [2.24, 2.45) is 0 Å². The Morgan fingerprint density at radius 3 is 2.33 bits per heavy atom. The molecule has 1 N–H and O–H groups in total. The van der Waals surface area contributed by atoms with Crippen molar-refractivity contribution in [3.8, 4) is 11.5 Å². The van der Waals surface area contributed by atoms with Crippen LogP contribution >= 0.6 is 11.6 Å². The maximum Gasteiger partial charge on any atom is 0.282 e. The minimum Gasteiger partial charge on any atom is -0.496 e. The van der Waals surface area contributed by atoms with Gasteiger partial charge in [-0.05, 0) is 49.7 Å². The lowest BCUT2D eigenvalue weighted by Gasteiger charge is -2.19. The van der Waals surface area contributed by atoms with E-state index in [0.717, 1.165) is 4.90 Å². The van der Waals surface area contributed by atoms with Crippen molar-refractivity contribution in [3.63, 3.8) is 0 Å². The van der Waals surface area contributed by atoms with Crippen LogP contribution in [0.25, 0.3) is 5.57 Å². The van der Waals surface area contributed by atoms with Gasteiger partial charge in [0.05, 0.1) is 30.7 Å². The molecule has 0 fully saturated rings. The van der Waals surface area contributed by atoms with Crippen LogP contribution in [0.5, 0.6) is 11.5 Å². The van der Waals surface area contributed by atoms with E-state index in [-0.39, 0.29) is 11.3 Å². The first-order valence-electron chi connectivity index (χ1n) is 10.5. The Morgan fingerprint density at radius 1 is 0.909 bits per heavy atom. The van der Waals surface area contributed by atoms with Gasteiger partial charge in [0.2, 0.25) is 0 Å². The van der Waals surface area contributed by atoms with Crippen LogP contribution in [-0.4, -0.2) is 25.5 Å². The molecule has 0 saturated heterocycles. The van der Waals surface area contributed by atoms with Gasteiger partial charge in [0.1, 0.15) is 17.2 Å². The Balaban J connectivity index is 1.90. The number of nitrogens with one attached hydrogen (secondary N) is 1. The third-order valence-electron chi connectivity index (χ3n) is 5.39. The van der Waals surface area contributed by atoms with Crippen LogP contribution in [-0.2, 0) is 9.59 Å². The van der Waals surface area contributed by atoms with Crippen LogP contribution in [0.2, 0.25) is 5.02 Å². The first-order valence-corrected chi connectivity index (χ1v) is 10.9. The van der Waals surface area contributed by atoms with Crippen LogP contribution < -0.4 is 19.7 Å². The topological polar surface area (TPSA) is 67.9 Å². The van der Waals surface area contributed by atoms with Crippen molar-refractivity contribution in [2.45, 2.75) is 13.8 Å². The molecule has 4 rings (SSSR count). The number of carbonyl (C=O) groups excluding carboxylic acids is 2. The fourth-order valence-corrected chi connectivity index (χ4v) is 3.96. The lowest BCUT2D eigenvalue weighted by molar-refractivity contribution is -0.120. The van der Waals surface area contributed by atoms with Crippen molar-refractivity contribution < 1.29 is 19.1 Å². The third-order valence-corrected chi connectivity index (χ3v) is 5.80. The summed E-state index contributed by atoms with van der Waals surface area (Å²) in [7, 11) is 1.52. The summed E-state index contributed by atoms with van der Waals surface area (Å²) in [5, 5.41) is 3.63. The fraction of sp³-hybridized carbons (Fsp3) is 0.154. The molecular formula is C26H23ClN2O4. The van der Waals surface area contributed by atoms with Gasteiger partial charge in [0.25, 0.3) is 11.8 Å². The molecule has 2 amide bonds. The first-order chi connectivity index (χ1) is 16.0. The molecule has 0 atom stereocenters. The number of amides is 2. The average molecular weight is 463 g/mol. The third kappa shape index (κ3) is 4.05. The van der Waals surface area contributed by atoms with Crippen molar-refractivity contribution in [1.82, 2.24) is 0 Å². The highest BCUT2D eigenvalue weighted by atomic mass is 35.5. The second-order valence-corrected chi connectivity index (χ2v) is 7.74. The summed E-state index contributed by atoms with van der Waals surface area (Å²) in [4.78, 5) is 28.6. The molecule has 0 radical (unpaired) electrons. The number of para-hydroxylation sites is 3. The highest BCUT2D eigenvalue weighted by Crippen LogP contribution is 2.40. The van der Waals surface area contributed by atoms with E-state index in [1.807, 2.05) is 19.1 Å². The number of imide groups is 1. The van der Waals surface area contributed by atoms with Crippen molar-refractivity contribution >= 4 is 40.4 Å². The maximum absolute atomic E-state index is 13.7. The van der Waals surface area contributed by atoms with Gasteiger partial charge in [-0.3, -0.25) is 9.59 Å². The number of nitrogens with zero attached hydrogens (tertiary/aromatic N) is 1. The molecule has 0 bridgehead atoms. The first kappa shape index (κ1) is 22.4. The number of hydrogen-bond donors (Lipinski definition) is 1. The number of methoxy groups -OCH3 is 1. The van der Waals surface area contributed by atoms with E-state index in [9.17, 15) is 9.59 Å². The van der Waals surface area contributed by atoms with Crippen LogP contribution in [0.4, 0.5) is 11.4 Å². The fourth-order valence-electron chi connectivity index (χ4n) is 3.79. The molecule has 1 aliphatic heterocycles. The second kappa shape index (κ2) is 9.38. The molecule has 1 aliphatic rings. The minimum atomic E-state index is -0.488. The monoisotopic (exact) mass is 462 g/mol. The largest absolute Gasteiger partial charge is 0.496 e. The van der Waals surface area contributed by atoms with Gasteiger partial charge in [-0.15, -0.1) is 0 Å². The summed E-state index contributed by atoms with van der Waals surface area (Å²) in [6, 6.07) is 19.5. The molecule has 7 heteroatoms. The van der Waals surface area contributed by atoms with Crippen molar-refractivity contribution in [1.29, 1.82) is 0 Å². The van der Waals surface area contributed by atoms with Gasteiger partial charge in [0, 0.05) is 10.6 Å². The van der Waals surface area contributed by atoms with E-state index in [1.54, 1.807) is 61.5 Å². The Morgan fingerprint density at radius 2 is 1.61 bits per heavy atom. The summed E-state index contributed by atoms with van der Waals surface area (Å²) >= 11 is 6.30. The molecule has 6 nitrogen and oxygen atoms in total. The number of benzene rings is 3. The number of halogens is 1. The molecule has 0 aromatic heterocycles. The highest BCUT2D eigenvalue weighted by Gasteiger charge is 2.42. The minimum absolute atomic E-state index is 0.135. The van der Waals surface area contributed by atoms with Crippen LogP contribution in [0, 0.1) is 6.92 Å². The van der Waals surface area contributed by atoms with E-state index in [0.29, 0.717) is 45.6 Å². The van der Waals surface area contributed by atoms with Crippen LogP contribution in [0.3, 0.4) is 0 Å². The molecule has 3 aromatic carbocycles. The molecule has 0 saturated carbocycles. The van der Waals surface area contributed by atoms with E-state index in [2.05, 4.69) is 5.32 Å². The summed E-state index contributed by atoms with van der Waals surface area (Å²) in [6.45, 7) is 4.11. The zero-order valence-corrected chi connectivity index (χ0v) is 19.3. The number of rotatable bonds is 7. The smallest absolute Gasteiger partial charge is 0.282 e. The molecule has 1 heterocycles. The number of hydrogen-bond acceptors (Lipinski definition) is 5. The van der Waals surface area contributed by atoms with Crippen LogP contribution in [0.1, 0.15) is 18.1 Å². The molecule has 0 spiro atoms. The lowest BCUT2D eigenvalue weighted by Crippen LogP contribution is -2.33. The number of anilines is 2. The standard InChI is InChI=1S/C26H23ClN2O4/c1-4-33-22-15-8-6-12-19(22)28-24-23(17-10-5-7-14-21(17)32-3)25(30)29(26(24)31)20-13-9-11-18(27)16(20)2/h5-15,28H,4H2,1-3H3. The van der Waals surface area contributed by atoms with Crippen molar-refractivity contribution in [3.05, 3.63) is 88.6 Å². The van der Waals surface area contributed by atoms with Gasteiger partial charge in [-0.2, -0.15) is 0 Å². The van der Waals surface area contributed by atoms with E-state index in [1.165, 1.54) is 7.11 Å². The molecule has 3 aromatic rings. The highest BCUT2D eigenvalue weighted by molar-refractivity contribution is 6.47. The summed E-state index contributed by atoms with van der Waals surface area (Å²) in [5.41, 5.74) is 2.50.